The molecule has 160 valence electrons. The molecule has 1 aliphatic heterocycles. The zero-order valence-electron chi connectivity index (χ0n) is 16.9. The van der Waals surface area contributed by atoms with Gasteiger partial charge in [0.2, 0.25) is 0 Å². The molecule has 1 atom stereocenters. The number of hydrogen-bond acceptors (Lipinski definition) is 3. The zero-order valence-corrected chi connectivity index (χ0v) is 20.0. The minimum Gasteiger partial charge on any atom is -0.379 e. The molecule has 1 saturated heterocycles. The van der Waals surface area contributed by atoms with Gasteiger partial charge in [0, 0.05) is 50.1 Å². The van der Waals surface area contributed by atoms with E-state index in [1.165, 1.54) is 0 Å². The summed E-state index contributed by atoms with van der Waals surface area (Å²) in [5.74, 6) is 0.833. The molecule has 1 fully saturated rings. The van der Waals surface area contributed by atoms with Gasteiger partial charge in [-0.15, -0.1) is 24.0 Å². The minimum atomic E-state index is 0. The maximum Gasteiger partial charge on any atom is 0.191 e. The lowest BCUT2D eigenvalue weighted by atomic mass is 10.0. The third-order valence-corrected chi connectivity index (χ3v) is 5.19. The van der Waals surface area contributed by atoms with E-state index in [-0.39, 0.29) is 30.0 Å². The van der Waals surface area contributed by atoms with E-state index in [0.717, 1.165) is 62.5 Å². The molecule has 2 N–H and O–H groups in total. The van der Waals surface area contributed by atoms with Gasteiger partial charge in [-0.25, -0.2) is 0 Å². The van der Waals surface area contributed by atoms with E-state index in [2.05, 4.69) is 45.5 Å². The van der Waals surface area contributed by atoms with Crippen LogP contribution in [0.4, 0.5) is 0 Å². The zero-order chi connectivity index (χ0) is 19.6. The first-order valence-electron chi connectivity index (χ1n) is 9.97. The Bertz CT molecular complexity index is 734. The lowest BCUT2D eigenvalue weighted by Gasteiger charge is -2.34. The number of guanidine groups is 1. The van der Waals surface area contributed by atoms with Gasteiger partial charge in [-0.05, 0) is 30.7 Å². The van der Waals surface area contributed by atoms with E-state index in [9.17, 15) is 0 Å². The fraction of sp³-hybridized carbons (Fsp3) is 0.476. The van der Waals surface area contributed by atoms with Crippen molar-refractivity contribution < 1.29 is 4.74 Å². The van der Waals surface area contributed by atoms with Crippen molar-refractivity contribution in [3.05, 3.63) is 59.4 Å². The first-order chi connectivity index (χ1) is 13.8. The van der Waals surface area contributed by atoms with E-state index >= 15 is 0 Å². The molecule has 0 amide bonds. The van der Waals surface area contributed by atoms with E-state index in [0.29, 0.717) is 6.54 Å². The largest absolute Gasteiger partial charge is 0.379 e. The fourth-order valence-corrected chi connectivity index (χ4v) is 3.65. The number of morpholine rings is 1. The van der Waals surface area contributed by atoms with Crippen molar-refractivity contribution in [1.82, 2.24) is 20.1 Å². The molecule has 2 heterocycles. The SMILES string of the molecule is CCNC(=NCC(c1ccccc1Cl)N1CCOCC1)NCCn1cccc1.I. The Kier molecular flexibility index (Phi) is 10.8. The van der Waals surface area contributed by atoms with E-state index in [4.69, 9.17) is 21.3 Å². The smallest absolute Gasteiger partial charge is 0.191 e. The summed E-state index contributed by atoms with van der Waals surface area (Å²) >= 11 is 6.51. The first kappa shape index (κ1) is 24.0. The van der Waals surface area contributed by atoms with Gasteiger partial charge in [0.25, 0.3) is 0 Å². The van der Waals surface area contributed by atoms with Gasteiger partial charge >= 0.3 is 0 Å². The van der Waals surface area contributed by atoms with Crippen molar-refractivity contribution in [1.29, 1.82) is 0 Å². The van der Waals surface area contributed by atoms with Crippen molar-refractivity contribution >= 4 is 41.5 Å². The monoisotopic (exact) mass is 531 g/mol. The third kappa shape index (κ3) is 7.47. The Morgan fingerprint density at radius 2 is 1.86 bits per heavy atom. The van der Waals surface area contributed by atoms with Gasteiger partial charge in [-0.1, -0.05) is 29.8 Å². The Balaban J connectivity index is 0.00000300. The van der Waals surface area contributed by atoms with Gasteiger partial charge in [-0.2, -0.15) is 0 Å². The number of nitrogens with zero attached hydrogens (tertiary/aromatic N) is 3. The van der Waals surface area contributed by atoms with Gasteiger partial charge in [0.15, 0.2) is 5.96 Å². The average Bonchev–Trinajstić information content (AvgIpc) is 3.24. The molecule has 6 nitrogen and oxygen atoms in total. The molecular formula is C21H31ClIN5O. The molecule has 0 aliphatic carbocycles. The van der Waals surface area contributed by atoms with Crippen LogP contribution in [0.5, 0.6) is 0 Å². The van der Waals surface area contributed by atoms with Gasteiger partial charge in [0.05, 0.1) is 25.8 Å². The summed E-state index contributed by atoms with van der Waals surface area (Å²) in [7, 11) is 0. The highest BCUT2D eigenvalue weighted by Gasteiger charge is 2.24. The minimum absolute atomic E-state index is 0. The molecule has 0 spiro atoms. The number of aromatic nitrogens is 1. The summed E-state index contributed by atoms with van der Waals surface area (Å²) in [6.07, 6.45) is 4.13. The Morgan fingerprint density at radius 3 is 2.55 bits per heavy atom. The van der Waals surface area contributed by atoms with Gasteiger partial charge in [-0.3, -0.25) is 9.89 Å². The topological polar surface area (TPSA) is 53.8 Å². The van der Waals surface area contributed by atoms with Crippen LogP contribution in [0.2, 0.25) is 5.02 Å². The summed E-state index contributed by atoms with van der Waals surface area (Å²) in [6, 6.07) is 12.3. The lowest BCUT2D eigenvalue weighted by molar-refractivity contribution is 0.0180. The molecule has 8 heteroatoms. The number of benzene rings is 1. The summed E-state index contributed by atoms with van der Waals surface area (Å²) < 4.78 is 7.68. The first-order valence-corrected chi connectivity index (χ1v) is 10.3. The summed E-state index contributed by atoms with van der Waals surface area (Å²) in [6.45, 7) is 8.54. The highest BCUT2D eigenvalue weighted by molar-refractivity contribution is 14.0. The van der Waals surface area contributed by atoms with Crippen LogP contribution in [-0.4, -0.2) is 61.4 Å². The second-order valence-electron chi connectivity index (χ2n) is 6.75. The molecule has 1 aromatic carbocycles. The highest BCUT2D eigenvalue weighted by Crippen LogP contribution is 2.28. The maximum atomic E-state index is 6.51. The fourth-order valence-electron chi connectivity index (χ4n) is 3.39. The van der Waals surface area contributed by atoms with E-state index in [1.807, 2.05) is 30.3 Å². The second kappa shape index (κ2) is 13.1. The molecule has 3 rings (SSSR count). The molecule has 0 radical (unpaired) electrons. The highest BCUT2D eigenvalue weighted by atomic mass is 127. The van der Waals surface area contributed by atoms with Gasteiger partial charge < -0.3 is 19.9 Å². The van der Waals surface area contributed by atoms with Crippen LogP contribution < -0.4 is 10.6 Å². The van der Waals surface area contributed by atoms with Crippen LogP contribution in [0.1, 0.15) is 18.5 Å². The molecule has 0 bridgehead atoms. The van der Waals surface area contributed by atoms with Crippen molar-refractivity contribution in [2.75, 3.05) is 45.9 Å². The number of rotatable bonds is 8. The molecule has 29 heavy (non-hydrogen) atoms. The standard InChI is InChI=1S/C21H30ClN5O.HI/c1-2-23-21(24-9-12-26-10-5-6-11-26)25-17-20(27-13-15-28-16-14-27)18-7-3-4-8-19(18)22;/h3-8,10-11,20H,2,9,12-17H2,1H3,(H2,23,24,25);1H. The van der Waals surface area contributed by atoms with Crippen LogP contribution in [0.15, 0.2) is 53.8 Å². The molecule has 2 aromatic rings. The number of hydrogen-bond donors (Lipinski definition) is 2. The molecule has 1 unspecified atom stereocenters. The van der Waals surface area contributed by atoms with Crippen molar-refractivity contribution in [3.8, 4) is 0 Å². The quantitative estimate of drug-likeness (QED) is 0.312. The number of aliphatic imine (C=N–C) groups is 1. The Morgan fingerprint density at radius 1 is 1.14 bits per heavy atom. The van der Waals surface area contributed by atoms with Gasteiger partial charge in [0.1, 0.15) is 0 Å². The van der Waals surface area contributed by atoms with E-state index in [1.54, 1.807) is 0 Å². The van der Waals surface area contributed by atoms with Crippen molar-refractivity contribution in [2.45, 2.75) is 19.5 Å². The van der Waals surface area contributed by atoms with Crippen LogP contribution in [0.25, 0.3) is 0 Å². The summed E-state index contributed by atoms with van der Waals surface area (Å²) in [5, 5.41) is 7.56. The van der Waals surface area contributed by atoms with Crippen LogP contribution in [0.3, 0.4) is 0 Å². The molecule has 1 aliphatic rings. The summed E-state index contributed by atoms with van der Waals surface area (Å²) in [5.41, 5.74) is 1.12. The Hall–Kier alpha value is -1.29. The predicted molar refractivity (Wildman–Crippen MR) is 130 cm³/mol. The summed E-state index contributed by atoms with van der Waals surface area (Å²) in [4.78, 5) is 7.28. The molecular weight excluding hydrogens is 501 g/mol. The lowest BCUT2D eigenvalue weighted by Crippen LogP contribution is -2.42. The van der Waals surface area contributed by atoms with Crippen molar-refractivity contribution in [3.63, 3.8) is 0 Å². The van der Waals surface area contributed by atoms with Crippen molar-refractivity contribution in [2.24, 2.45) is 4.99 Å². The molecule has 1 aromatic heterocycles. The number of ether oxygens (including phenoxy) is 1. The van der Waals surface area contributed by atoms with Crippen LogP contribution >= 0.6 is 35.6 Å². The van der Waals surface area contributed by atoms with Crippen LogP contribution in [0, 0.1) is 0 Å². The average molecular weight is 532 g/mol. The predicted octanol–water partition coefficient (Wildman–Crippen LogP) is 3.39. The molecule has 0 saturated carbocycles. The second-order valence-corrected chi connectivity index (χ2v) is 7.16. The number of halogens is 2. The third-order valence-electron chi connectivity index (χ3n) is 4.85. The normalized spacial score (nSPS) is 16.1. The maximum absolute atomic E-state index is 6.51. The number of nitrogens with one attached hydrogen (secondary N) is 2. The Labute approximate surface area is 195 Å². The van der Waals surface area contributed by atoms with Crippen LogP contribution in [-0.2, 0) is 11.3 Å². The van der Waals surface area contributed by atoms with E-state index < -0.39 is 0 Å².